The van der Waals surface area contributed by atoms with Crippen molar-refractivity contribution in [2.75, 3.05) is 37.5 Å². The number of rotatable bonds is 10. The molecule has 0 radical (unpaired) electrons. The molecule has 0 spiro atoms. The number of amides is 1. The highest BCUT2D eigenvalue weighted by Gasteiger charge is 2.18. The maximum Gasteiger partial charge on any atom is 0.261 e. The number of nitrogens with one attached hydrogen (secondary N) is 2. The molecule has 2 N–H and O–H groups in total. The Hall–Kier alpha value is -2.58. The van der Waals surface area contributed by atoms with Crippen LogP contribution in [0, 0.1) is 5.92 Å². The fourth-order valence-electron chi connectivity index (χ4n) is 3.64. The molecule has 2 aromatic rings. The number of hydrogen-bond acceptors (Lipinski definition) is 5. The Kier molecular flexibility index (Phi) is 7.92. The number of likely N-dealkylation sites (tertiary alicyclic amines) is 1. The summed E-state index contributed by atoms with van der Waals surface area (Å²) in [5, 5.41) is 2.92. The van der Waals surface area contributed by atoms with Gasteiger partial charge in [-0.15, -0.1) is 0 Å². The van der Waals surface area contributed by atoms with Crippen LogP contribution in [0.1, 0.15) is 37.0 Å². The third kappa shape index (κ3) is 6.70. The first-order chi connectivity index (χ1) is 14.9. The maximum absolute atomic E-state index is 12.8. The molecule has 1 amide bonds. The molecule has 1 aliphatic rings. The lowest BCUT2D eigenvalue weighted by Crippen LogP contribution is -2.34. The molecular weight excluding hydrogens is 414 g/mol. The number of benzene rings is 2. The minimum absolute atomic E-state index is 0.0409. The Labute approximate surface area is 184 Å². The molecule has 31 heavy (non-hydrogen) atoms. The summed E-state index contributed by atoms with van der Waals surface area (Å²) in [4.78, 5) is 15.0. The normalized spacial score (nSPS) is 15.4. The predicted molar refractivity (Wildman–Crippen MR) is 122 cm³/mol. The molecule has 1 fully saturated rings. The van der Waals surface area contributed by atoms with E-state index in [4.69, 9.17) is 4.74 Å². The fraction of sp³-hybridized carbons (Fsp3) is 0.435. The van der Waals surface area contributed by atoms with Crippen LogP contribution in [-0.4, -0.2) is 52.0 Å². The standard InChI is InChI=1S/C23H31N3O4S/c1-3-30-21-11-9-20(10-12-21)25-31(28,29)22-8-6-7-19(15-22)23(27)24-16-18(2)17-26-13-4-5-14-26/h6-12,15,18,25H,3-5,13-14,16-17H2,1-2H3,(H,24,27). The lowest BCUT2D eigenvalue weighted by Gasteiger charge is -2.20. The molecule has 2 aromatic carbocycles. The molecule has 0 saturated carbocycles. The van der Waals surface area contributed by atoms with Crippen molar-refractivity contribution in [3.8, 4) is 5.75 Å². The number of ether oxygens (including phenoxy) is 1. The van der Waals surface area contributed by atoms with Gasteiger partial charge in [-0.25, -0.2) is 8.42 Å². The zero-order valence-corrected chi connectivity index (χ0v) is 19.0. The van der Waals surface area contributed by atoms with E-state index in [-0.39, 0.29) is 10.8 Å². The van der Waals surface area contributed by atoms with Gasteiger partial charge in [0, 0.05) is 24.3 Å². The molecule has 1 unspecified atom stereocenters. The highest BCUT2D eigenvalue weighted by atomic mass is 32.2. The van der Waals surface area contributed by atoms with Gasteiger partial charge >= 0.3 is 0 Å². The van der Waals surface area contributed by atoms with Crippen molar-refractivity contribution in [1.29, 1.82) is 0 Å². The van der Waals surface area contributed by atoms with E-state index in [0.717, 1.165) is 19.6 Å². The van der Waals surface area contributed by atoms with Gasteiger partial charge in [-0.1, -0.05) is 13.0 Å². The highest BCUT2D eigenvalue weighted by Crippen LogP contribution is 2.20. The SMILES string of the molecule is CCOc1ccc(NS(=O)(=O)c2cccc(C(=O)NCC(C)CN3CCCC3)c2)cc1. The Morgan fingerprint density at radius 1 is 1.13 bits per heavy atom. The average molecular weight is 446 g/mol. The average Bonchev–Trinajstić information content (AvgIpc) is 3.26. The molecule has 1 atom stereocenters. The topological polar surface area (TPSA) is 87.7 Å². The van der Waals surface area contributed by atoms with Crippen molar-refractivity contribution in [2.24, 2.45) is 5.92 Å². The van der Waals surface area contributed by atoms with Crippen molar-refractivity contribution in [3.05, 3.63) is 54.1 Å². The summed E-state index contributed by atoms with van der Waals surface area (Å²) in [6, 6.07) is 12.8. The number of anilines is 1. The molecule has 7 nitrogen and oxygen atoms in total. The zero-order chi connectivity index (χ0) is 22.3. The van der Waals surface area contributed by atoms with Gasteiger partial charge in [-0.3, -0.25) is 9.52 Å². The van der Waals surface area contributed by atoms with Crippen LogP contribution in [0.25, 0.3) is 0 Å². The van der Waals surface area contributed by atoms with Crippen LogP contribution in [0.15, 0.2) is 53.4 Å². The molecule has 1 saturated heterocycles. The van der Waals surface area contributed by atoms with E-state index >= 15 is 0 Å². The first-order valence-electron chi connectivity index (χ1n) is 10.7. The molecule has 0 aromatic heterocycles. The summed E-state index contributed by atoms with van der Waals surface area (Å²) in [5.74, 6) is 0.727. The van der Waals surface area contributed by atoms with Crippen LogP contribution >= 0.6 is 0 Å². The Morgan fingerprint density at radius 3 is 2.52 bits per heavy atom. The van der Waals surface area contributed by atoms with Gasteiger partial charge in [0.25, 0.3) is 15.9 Å². The molecular formula is C23H31N3O4S. The van der Waals surface area contributed by atoms with E-state index in [9.17, 15) is 13.2 Å². The van der Waals surface area contributed by atoms with Crippen molar-refractivity contribution in [1.82, 2.24) is 10.2 Å². The van der Waals surface area contributed by atoms with Crippen LogP contribution in [0.4, 0.5) is 5.69 Å². The van der Waals surface area contributed by atoms with Gasteiger partial charge in [0.05, 0.1) is 11.5 Å². The van der Waals surface area contributed by atoms with Crippen molar-refractivity contribution in [3.63, 3.8) is 0 Å². The molecule has 1 heterocycles. The van der Waals surface area contributed by atoms with E-state index in [1.54, 1.807) is 36.4 Å². The maximum atomic E-state index is 12.8. The summed E-state index contributed by atoms with van der Waals surface area (Å²) >= 11 is 0. The van der Waals surface area contributed by atoms with Gasteiger partial charge < -0.3 is 15.0 Å². The summed E-state index contributed by atoms with van der Waals surface area (Å²) in [6.07, 6.45) is 2.48. The second-order valence-corrected chi connectivity index (χ2v) is 9.60. The van der Waals surface area contributed by atoms with Gasteiger partial charge in [0.1, 0.15) is 5.75 Å². The Morgan fingerprint density at radius 2 is 1.84 bits per heavy atom. The molecule has 1 aliphatic heterocycles. The molecule has 168 valence electrons. The van der Waals surface area contributed by atoms with Crippen molar-refractivity contribution < 1.29 is 17.9 Å². The lowest BCUT2D eigenvalue weighted by molar-refractivity contribution is 0.0945. The Balaban J connectivity index is 1.60. The van der Waals surface area contributed by atoms with Crippen LogP contribution in [0.5, 0.6) is 5.75 Å². The summed E-state index contributed by atoms with van der Waals surface area (Å²) in [5.41, 5.74) is 0.747. The summed E-state index contributed by atoms with van der Waals surface area (Å²) < 4.78 is 33.4. The van der Waals surface area contributed by atoms with Gasteiger partial charge in [0.15, 0.2) is 0 Å². The predicted octanol–water partition coefficient (Wildman–Crippen LogP) is 3.35. The number of carbonyl (C=O) groups is 1. The smallest absolute Gasteiger partial charge is 0.261 e. The molecule has 8 heteroatoms. The van der Waals surface area contributed by atoms with E-state index in [1.165, 1.54) is 25.0 Å². The second-order valence-electron chi connectivity index (χ2n) is 7.91. The third-order valence-electron chi connectivity index (χ3n) is 5.20. The monoisotopic (exact) mass is 445 g/mol. The van der Waals surface area contributed by atoms with Crippen LogP contribution < -0.4 is 14.8 Å². The third-order valence-corrected chi connectivity index (χ3v) is 6.58. The first kappa shape index (κ1) is 23.1. The first-order valence-corrected chi connectivity index (χ1v) is 12.2. The molecule has 0 aliphatic carbocycles. The molecule has 0 bridgehead atoms. The minimum Gasteiger partial charge on any atom is -0.494 e. The minimum atomic E-state index is -3.82. The van der Waals surface area contributed by atoms with Crippen LogP contribution in [0.2, 0.25) is 0 Å². The van der Waals surface area contributed by atoms with Crippen LogP contribution in [-0.2, 0) is 10.0 Å². The fourth-order valence-corrected chi connectivity index (χ4v) is 4.75. The lowest BCUT2D eigenvalue weighted by atomic mass is 10.1. The van der Waals surface area contributed by atoms with Crippen molar-refractivity contribution in [2.45, 2.75) is 31.6 Å². The number of sulfonamides is 1. The highest BCUT2D eigenvalue weighted by molar-refractivity contribution is 7.92. The summed E-state index contributed by atoms with van der Waals surface area (Å²) in [7, 11) is -3.82. The zero-order valence-electron chi connectivity index (χ0n) is 18.1. The second kappa shape index (κ2) is 10.6. The van der Waals surface area contributed by atoms with E-state index in [2.05, 4.69) is 21.9 Å². The Bertz CT molecular complexity index is 971. The number of nitrogens with zero attached hydrogens (tertiary/aromatic N) is 1. The van der Waals surface area contributed by atoms with E-state index in [0.29, 0.717) is 36.1 Å². The van der Waals surface area contributed by atoms with Gasteiger partial charge in [0.2, 0.25) is 0 Å². The van der Waals surface area contributed by atoms with Gasteiger partial charge in [-0.05, 0) is 81.2 Å². The number of carbonyl (C=O) groups excluding carboxylic acids is 1. The molecule has 3 rings (SSSR count). The van der Waals surface area contributed by atoms with Gasteiger partial charge in [-0.2, -0.15) is 0 Å². The van der Waals surface area contributed by atoms with Crippen molar-refractivity contribution >= 4 is 21.6 Å². The van der Waals surface area contributed by atoms with E-state index < -0.39 is 10.0 Å². The quantitative estimate of drug-likeness (QED) is 0.586. The number of hydrogen-bond donors (Lipinski definition) is 2. The van der Waals surface area contributed by atoms with Crippen LogP contribution in [0.3, 0.4) is 0 Å². The largest absolute Gasteiger partial charge is 0.494 e. The summed E-state index contributed by atoms with van der Waals surface area (Å²) in [6.45, 7) is 8.29. The van der Waals surface area contributed by atoms with E-state index in [1.807, 2.05) is 6.92 Å².